The molecule has 7 heteroatoms. The Balaban J connectivity index is 1.43. The second-order valence-electron chi connectivity index (χ2n) is 9.19. The van der Waals surface area contributed by atoms with E-state index in [-0.39, 0.29) is 12.3 Å². The molecule has 0 unspecified atom stereocenters. The minimum atomic E-state index is -0.848. The van der Waals surface area contributed by atoms with Crippen LogP contribution in [0.2, 0.25) is 0 Å². The summed E-state index contributed by atoms with van der Waals surface area (Å²) in [5.74, 6) is 1.62. The number of allylic oxidation sites excluding steroid dienone is 1. The van der Waals surface area contributed by atoms with Crippen molar-refractivity contribution in [2.75, 3.05) is 33.4 Å². The number of rotatable bonds is 17. The zero-order chi connectivity index (χ0) is 26.3. The summed E-state index contributed by atoms with van der Waals surface area (Å²) in [5, 5.41) is 9.21. The van der Waals surface area contributed by atoms with Crippen molar-refractivity contribution in [1.29, 1.82) is 0 Å². The smallest absolute Gasteiger partial charge is 0.303 e. The van der Waals surface area contributed by atoms with Crippen molar-refractivity contribution in [3.05, 3.63) is 59.7 Å². The van der Waals surface area contributed by atoms with Crippen LogP contribution >= 0.6 is 0 Å². The molecule has 1 N–H and O–H groups in total. The standard InChI is InChI=1S/C30H39NO6/c1-35-25-16-14-24(15-17-25)10-4-2-3-6-22-36-27-11-8-12-28(26(27)18-19-30(33)34)37-23-7-5-20-31-21-9-13-29(31)32/h4,8,10-12,14-17H,2-3,5-7,9,13,18-23H2,1H3,(H,33,34). The Morgan fingerprint density at radius 3 is 2.32 bits per heavy atom. The number of carboxylic acid groups (broad SMARTS) is 1. The molecule has 0 atom stereocenters. The molecule has 37 heavy (non-hydrogen) atoms. The Bertz CT molecular complexity index is 1020. The summed E-state index contributed by atoms with van der Waals surface area (Å²) in [6.45, 7) is 2.71. The summed E-state index contributed by atoms with van der Waals surface area (Å²) in [7, 11) is 1.66. The molecule has 1 heterocycles. The third-order valence-corrected chi connectivity index (χ3v) is 6.38. The third-order valence-electron chi connectivity index (χ3n) is 6.38. The molecule has 2 aromatic carbocycles. The number of methoxy groups -OCH3 is 1. The molecule has 2 aromatic rings. The van der Waals surface area contributed by atoms with Gasteiger partial charge in [0.25, 0.3) is 0 Å². The van der Waals surface area contributed by atoms with Crippen LogP contribution in [0.1, 0.15) is 62.5 Å². The Morgan fingerprint density at radius 1 is 1.00 bits per heavy atom. The first-order valence-electron chi connectivity index (χ1n) is 13.2. The van der Waals surface area contributed by atoms with E-state index in [0.29, 0.717) is 37.6 Å². The SMILES string of the molecule is COc1ccc(C=CCCCCOc2cccc(OCCCCN3CCCC3=O)c2CCC(=O)O)cc1. The molecule has 1 fully saturated rings. The van der Waals surface area contributed by atoms with E-state index >= 15 is 0 Å². The predicted octanol–water partition coefficient (Wildman–Crippen LogP) is 5.76. The summed E-state index contributed by atoms with van der Waals surface area (Å²) >= 11 is 0. The normalized spacial score (nSPS) is 13.3. The Labute approximate surface area is 220 Å². The number of hydrogen-bond acceptors (Lipinski definition) is 5. The first-order valence-corrected chi connectivity index (χ1v) is 13.2. The molecule has 1 saturated heterocycles. The Hall–Kier alpha value is -3.48. The third kappa shape index (κ3) is 9.83. The molecule has 0 saturated carbocycles. The number of likely N-dealkylation sites (tertiary alicyclic amines) is 1. The Kier molecular flexibility index (Phi) is 11.8. The number of unbranched alkanes of at least 4 members (excludes halogenated alkanes) is 3. The molecular weight excluding hydrogens is 470 g/mol. The van der Waals surface area contributed by atoms with E-state index < -0.39 is 5.97 Å². The van der Waals surface area contributed by atoms with Crippen molar-refractivity contribution >= 4 is 18.0 Å². The van der Waals surface area contributed by atoms with Crippen molar-refractivity contribution in [3.8, 4) is 17.2 Å². The lowest BCUT2D eigenvalue weighted by Gasteiger charge is -2.17. The summed E-state index contributed by atoms with van der Waals surface area (Å²) in [4.78, 5) is 24.9. The maximum absolute atomic E-state index is 11.7. The average molecular weight is 510 g/mol. The highest BCUT2D eigenvalue weighted by Gasteiger charge is 2.19. The fourth-order valence-corrected chi connectivity index (χ4v) is 4.30. The van der Waals surface area contributed by atoms with Gasteiger partial charge in [-0.15, -0.1) is 0 Å². The molecule has 0 bridgehead atoms. The van der Waals surface area contributed by atoms with Gasteiger partial charge in [0.05, 0.1) is 20.3 Å². The average Bonchev–Trinajstić information content (AvgIpc) is 3.31. The molecule has 0 aromatic heterocycles. The highest BCUT2D eigenvalue weighted by atomic mass is 16.5. The zero-order valence-electron chi connectivity index (χ0n) is 21.8. The molecule has 0 aliphatic carbocycles. The number of aliphatic carboxylic acids is 1. The van der Waals surface area contributed by atoms with E-state index in [2.05, 4.69) is 12.2 Å². The lowest BCUT2D eigenvalue weighted by atomic mass is 10.1. The maximum Gasteiger partial charge on any atom is 0.303 e. The largest absolute Gasteiger partial charge is 0.497 e. The van der Waals surface area contributed by atoms with Crippen molar-refractivity contribution in [2.24, 2.45) is 0 Å². The van der Waals surface area contributed by atoms with Crippen LogP contribution in [0.15, 0.2) is 48.5 Å². The van der Waals surface area contributed by atoms with Crippen LogP contribution in [-0.4, -0.2) is 55.3 Å². The zero-order valence-corrected chi connectivity index (χ0v) is 21.8. The minimum Gasteiger partial charge on any atom is -0.497 e. The van der Waals surface area contributed by atoms with Crippen molar-refractivity contribution in [2.45, 2.75) is 57.8 Å². The van der Waals surface area contributed by atoms with E-state index in [1.165, 1.54) is 0 Å². The van der Waals surface area contributed by atoms with Crippen LogP contribution in [0.25, 0.3) is 6.08 Å². The summed E-state index contributed by atoms with van der Waals surface area (Å²) in [5.41, 5.74) is 1.94. The van der Waals surface area contributed by atoms with Gasteiger partial charge in [0.1, 0.15) is 17.2 Å². The van der Waals surface area contributed by atoms with Gasteiger partial charge in [0.15, 0.2) is 0 Å². The molecular formula is C30H39NO6. The lowest BCUT2D eigenvalue weighted by molar-refractivity contribution is -0.137. The van der Waals surface area contributed by atoms with E-state index in [1.54, 1.807) is 7.11 Å². The fraction of sp³-hybridized carbons (Fsp3) is 0.467. The number of benzene rings is 2. The quantitative estimate of drug-likeness (QED) is 0.273. The second kappa shape index (κ2) is 15.6. The predicted molar refractivity (Wildman–Crippen MR) is 144 cm³/mol. The van der Waals surface area contributed by atoms with E-state index in [4.69, 9.17) is 14.2 Å². The minimum absolute atomic E-state index is 0.0178. The van der Waals surface area contributed by atoms with Gasteiger partial charge in [0, 0.05) is 31.5 Å². The van der Waals surface area contributed by atoms with Gasteiger partial charge in [-0.3, -0.25) is 9.59 Å². The molecule has 0 radical (unpaired) electrons. The van der Waals surface area contributed by atoms with E-state index in [0.717, 1.165) is 68.5 Å². The number of carbonyl (C=O) groups is 2. The van der Waals surface area contributed by atoms with Crippen LogP contribution in [0, 0.1) is 0 Å². The molecule has 3 rings (SSSR count). The first-order chi connectivity index (χ1) is 18.1. The van der Waals surface area contributed by atoms with Crippen molar-refractivity contribution in [1.82, 2.24) is 4.90 Å². The molecule has 0 spiro atoms. The topological polar surface area (TPSA) is 85.3 Å². The lowest BCUT2D eigenvalue weighted by Crippen LogP contribution is -2.25. The number of carboxylic acids is 1. The van der Waals surface area contributed by atoms with Gasteiger partial charge in [0.2, 0.25) is 5.91 Å². The van der Waals surface area contributed by atoms with Gasteiger partial charge in [-0.2, -0.15) is 0 Å². The van der Waals surface area contributed by atoms with Gasteiger partial charge >= 0.3 is 5.97 Å². The first kappa shape index (κ1) is 28.1. The van der Waals surface area contributed by atoms with Crippen LogP contribution in [0.3, 0.4) is 0 Å². The van der Waals surface area contributed by atoms with E-state index in [1.807, 2.05) is 47.4 Å². The molecule has 1 aliphatic heterocycles. The monoisotopic (exact) mass is 509 g/mol. The molecule has 200 valence electrons. The number of ether oxygens (including phenoxy) is 3. The highest BCUT2D eigenvalue weighted by molar-refractivity contribution is 5.78. The van der Waals surface area contributed by atoms with Crippen LogP contribution in [0.5, 0.6) is 17.2 Å². The number of amides is 1. The number of carbonyl (C=O) groups excluding carboxylic acids is 1. The number of hydrogen-bond donors (Lipinski definition) is 1. The van der Waals surface area contributed by atoms with Crippen LogP contribution < -0.4 is 14.2 Å². The molecule has 1 amide bonds. The van der Waals surface area contributed by atoms with Crippen molar-refractivity contribution < 1.29 is 28.9 Å². The van der Waals surface area contributed by atoms with E-state index in [9.17, 15) is 14.7 Å². The fourth-order valence-electron chi connectivity index (χ4n) is 4.30. The van der Waals surface area contributed by atoms with Gasteiger partial charge in [-0.05, 0) is 74.8 Å². The summed E-state index contributed by atoms with van der Waals surface area (Å²) in [6.07, 6.45) is 10.8. The van der Waals surface area contributed by atoms with Gasteiger partial charge in [-0.25, -0.2) is 0 Å². The molecule has 7 nitrogen and oxygen atoms in total. The summed E-state index contributed by atoms with van der Waals surface area (Å²) in [6, 6.07) is 13.6. The molecule has 1 aliphatic rings. The van der Waals surface area contributed by atoms with Gasteiger partial charge in [-0.1, -0.05) is 30.4 Å². The summed E-state index contributed by atoms with van der Waals surface area (Å²) < 4.78 is 17.3. The highest BCUT2D eigenvalue weighted by Crippen LogP contribution is 2.30. The van der Waals surface area contributed by atoms with Gasteiger partial charge < -0.3 is 24.2 Å². The second-order valence-corrected chi connectivity index (χ2v) is 9.19. The van der Waals surface area contributed by atoms with Crippen molar-refractivity contribution in [3.63, 3.8) is 0 Å². The van der Waals surface area contributed by atoms with Crippen LogP contribution in [0.4, 0.5) is 0 Å². The maximum atomic E-state index is 11.7. The Morgan fingerprint density at radius 2 is 1.70 bits per heavy atom. The van der Waals surface area contributed by atoms with Crippen LogP contribution in [-0.2, 0) is 16.0 Å². The number of nitrogens with zero attached hydrogens (tertiary/aromatic N) is 1.